The summed E-state index contributed by atoms with van der Waals surface area (Å²) < 4.78 is 11.5. The molecule has 0 atom stereocenters. The Labute approximate surface area is 189 Å². The van der Waals surface area contributed by atoms with Gasteiger partial charge in [0.1, 0.15) is 22.3 Å². The molecule has 1 aliphatic rings. The molecule has 2 heterocycles. The van der Waals surface area contributed by atoms with Gasteiger partial charge in [0.25, 0.3) is 0 Å². The lowest BCUT2D eigenvalue weighted by Crippen LogP contribution is -2.43. The number of ether oxygens (including phenoxy) is 2. The number of amides is 1. The van der Waals surface area contributed by atoms with Gasteiger partial charge in [-0.05, 0) is 69.6 Å². The first-order valence-electron chi connectivity index (χ1n) is 10.8. The van der Waals surface area contributed by atoms with E-state index in [-0.39, 0.29) is 5.91 Å². The van der Waals surface area contributed by atoms with Crippen LogP contribution in [-0.4, -0.2) is 43.2 Å². The van der Waals surface area contributed by atoms with Crippen molar-refractivity contribution in [1.82, 2.24) is 10.3 Å². The van der Waals surface area contributed by atoms with E-state index in [9.17, 15) is 4.79 Å². The molecule has 2 aromatic rings. The van der Waals surface area contributed by atoms with Gasteiger partial charge in [-0.2, -0.15) is 0 Å². The Balaban J connectivity index is 1.92. The first-order valence-corrected chi connectivity index (χ1v) is 11.2. The number of aromatic nitrogens is 1. The fraction of sp³-hybridized carbons (Fsp3) is 0.478. The Morgan fingerprint density at radius 2 is 1.84 bits per heavy atom. The monoisotopic (exact) mass is 446 g/mol. The molecule has 0 unspecified atom stereocenters. The minimum atomic E-state index is -0.136. The van der Waals surface area contributed by atoms with Crippen LogP contribution in [0.15, 0.2) is 30.5 Å². The normalized spacial score (nSPS) is 14.2. The SMILES string of the molecule is CCOc1cc(CN(c2ccc(NC(C)=O)nc2)C2CCNCC2)cc(OCC)c1Cl. The van der Waals surface area contributed by atoms with Crippen LogP contribution in [0.5, 0.6) is 11.5 Å². The highest BCUT2D eigenvalue weighted by molar-refractivity contribution is 6.33. The van der Waals surface area contributed by atoms with E-state index in [0.29, 0.717) is 48.1 Å². The second-order valence-corrected chi connectivity index (χ2v) is 7.84. The highest BCUT2D eigenvalue weighted by atomic mass is 35.5. The second-order valence-electron chi connectivity index (χ2n) is 7.46. The number of carbonyl (C=O) groups is 1. The fourth-order valence-electron chi connectivity index (χ4n) is 3.80. The van der Waals surface area contributed by atoms with Crippen LogP contribution < -0.4 is 25.0 Å². The number of piperidine rings is 1. The Morgan fingerprint density at radius 1 is 1.19 bits per heavy atom. The topological polar surface area (TPSA) is 75.7 Å². The van der Waals surface area contributed by atoms with E-state index in [1.807, 2.05) is 44.3 Å². The number of anilines is 2. The molecule has 8 heteroatoms. The number of benzene rings is 1. The van der Waals surface area contributed by atoms with Crippen molar-refractivity contribution in [3.8, 4) is 11.5 Å². The van der Waals surface area contributed by atoms with Crippen LogP contribution in [0, 0.1) is 0 Å². The van der Waals surface area contributed by atoms with Gasteiger partial charge in [-0.25, -0.2) is 4.98 Å². The van der Waals surface area contributed by atoms with Gasteiger partial charge in [0.2, 0.25) is 5.91 Å². The Kier molecular flexibility index (Phi) is 8.37. The van der Waals surface area contributed by atoms with Gasteiger partial charge < -0.3 is 25.0 Å². The average Bonchev–Trinajstić information content (AvgIpc) is 2.76. The molecule has 168 valence electrons. The molecule has 1 fully saturated rings. The Bertz CT molecular complexity index is 843. The van der Waals surface area contributed by atoms with Gasteiger partial charge in [-0.1, -0.05) is 11.6 Å². The van der Waals surface area contributed by atoms with E-state index in [0.717, 1.165) is 37.2 Å². The van der Waals surface area contributed by atoms with Crippen LogP contribution >= 0.6 is 11.6 Å². The molecule has 0 bridgehead atoms. The molecule has 31 heavy (non-hydrogen) atoms. The summed E-state index contributed by atoms with van der Waals surface area (Å²) >= 11 is 6.48. The van der Waals surface area contributed by atoms with E-state index in [4.69, 9.17) is 21.1 Å². The number of nitrogens with zero attached hydrogens (tertiary/aromatic N) is 2. The Morgan fingerprint density at radius 3 is 2.35 bits per heavy atom. The largest absolute Gasteiger partial charge is 0.492 e. The minimum absolute atomic E-state index is 0.136. The zero-order chi connectivity index (χ0) is 22.2. The van der Waals surface area contributed by atoms with Crippen LogP contribution in [0.4, 0.5) is 11.5 Å². The van der Waals surface area contributed by atoms with Gasteiger partial charge in [0.15, 0.2) is 0 Å². The summed E-state index contributed by atoms with van der Waals surface area (Å²) in [6.45, 7) is 9.04. The molecule has 1 aliphatic heterocycles. The zero-order valence-corrected chi connectivity index (χ0v) is 19.2. The first kappa shape index (κ1) is 23.2. The standard InChI is InChI=1S/C23H31ClN4O3/c1-4-30-20-12-17(13-21(23(20)24)31-5-2)15-28(18-8-10-25-11-9-18)19-6-7-22(26-14-19)27-16(3)29/h6-7,12-14,18,25H,4-5,8-11,15H2,1-3H3,(H,26,27,29). The van der Waals surface area contributed by atoms with Gasteiger partial charge in [-0.15, -0.1) is 0 Å². The molecule has 0 aliphatic carbocycles. The number of nitrogens with one attached hydrogen (secondary N) is 2. The third-order valence-corrected chi connectivity index (χ3v) is 5.52. The number of hydrogen-bond acceptors (Lipinski definition) is 6. The first-order chi connectivity index (χ1) is 15.0. The van der Waals surface area contributed by atoms with Crippen molar-refractivity contribution in [1.29, 1.82) is 0 Å². The second kappa shape index (κ2) is 11.2. The van der Waals surface area contributed by atoms with Crippen LogP contribution in [0.25, 0.3) is 0 Å². The van der Waals surface area contributed by atoms with Crippen molar-refractivity contribution in [2.45, 2.75) is 46.2 Å². The van der Waals surface area contributed by atoms with Crippen molar-refractivity contribution in [2.24, 2.45) is 0 Å². The summed E-state index contributed by atoms with van der Waals surface area (Å²) in [6.07, 6.45) is 3.89. The van der Waals surface area contributed by atoms with Crippen molar-refractivity contribution < 1.29 is 14.3 Å². The third kappa shape index (κ3) is 6.24. The quantitative estimate of drug-likeness (QED) is 0.599. The number of hydrogen-bond donors (Lipinski definition) is 2. The van der Waals surface area contributed by atoms with E-state index in [1.54, 1.807) is 0 Å². The smallest absolute Gasteiger partial charge is 0.222 e. The maximum absolute atomic E-state index is 11.3. The molecular formula is C23H31ClN4O3. The minimum Gasteiger partial charge on any atom is -0.492 e. The van der Waals surface area contributed by atoms with E-state index < -0.39 is 0 Å². The summed E-state index contributed by atoms with van der Waals surface area (Å²) in [5, 5.41) is 6.65. The summed E-state index contributed by atoms with van der Waals surface area (Å²) in [5.41, 5.74) is 2.06. The van der Waals surface area contributed by atoms with Gasteiger partial charge in [0, 0.05) is 19.5 Å². The number of pyridine rings is 1. The van der Waals surface area contributed by atoms with E-state index in [1.165, 1.54) is 6.92 Å². The molecule has 0 spiro atoms. The Hall–Kier alpha value is -2.51. The van der Waals surface area contributed by atoms with Crippen molar-refractivity contribution >= 4 is 29.0 Å². The van der Waals surface area contributed by atoms with Crippen molar-refractivity contribution in [3.63, 3.8) is 0 Å². The predicted octanol–water partition coefficient (Wildman–Crippen LogP) is 4.25. The highest BCUT2D eigenvalue weighted by Crippen LogP contribution is 2.37. The lowest BCUT2D eigenvalue weighted by molar-refractivity contribution is -0.114. The summed E-state index contributed by atoms with van der Waals surface area (Å²) in [6, 6.07) is 8.19. The van der Waals surface area contributed by atoms with E-state index >= 15 is 0 Å². The maximum Gasteiger partial charge on any atom is 0.222 e. The lowest BCUT2D eigenvalue weighted by Gasteiger charge is -2.36. The molecule has 7 nitrogen and oxygen atoms in total. The zero-order valence-electron chi connectivity index (χ0n) is 18.4. The molecular weight excluding hydrogens is 416 g/mol. The van der Waals surface area contributed by atoms with Crippen LogP contribution in [0.2, 0.25) is 5.02 Å². The molecule has 0 saturated carbocycles. The molecule has 1 amide bonds. The molecule has 1 aromatic heterocycles. The molecule has 1 saturated heterocycles. The van der Waals surface area contributed by atoms with Crippen molar-refractivity contribution in [2.75, 3.05) is 36.5 Å². The lowest BCUT2D eigenvalue weighted by atomic mass is 10.0. The van der Waals surface area contributed by atoms with Gasteiger partial charge >= 0.3 is 0 Å². The number of rotatable bonds is 9. The molecule has 2 N–H and O–H groups in total. The van der Waals surface area contributed by atoms with E-state index in [2.05, 4.69) is 20.5 Å². The van der Waals surface area contributed by atoms with Gasteiger partial charge in [0.05, 0.1) is 25.1 Å². The highest BCUT2D eigenvalue weighted by Gasteiger charge is 2.23. The van der Waals surface area contributed by atoms with Crippen LogP contribution in [0.3, 0.4) is 0 Å². The molecule has 3 rings (SSSR count). The number of halogens is 1. The molecule has 0 radical (unpaired) electrons. The summed E-state index contributed by atoms with van der Waals surface area (Å²) in [5.74, 6) is 1.68. The van der Waals surface area contributed by atoms with Crippen LogP contribution in [-0.2, 0) is 11.3 Å². The number of carbonyl (C=O) groups excluding carboxylic acids is 1. The van der Waals surface area contributed by atoms with Crippen molar-refractivity contribution in [3.05, 3.63) is 41.0 Å². The summed E-state index contributed by atoms with van der Waals surface area (Å²) in [4.78, 5) is 18.1. The fourth-order valence-corrected chi connectivity index (χ4v) is 4.01. The molecule has 1 aromatic carbocycles. The maximum atomic E-state index is 11.3. The van der Waals surface area contributed by atoms with Crippen LogP contribution in [0.1, 0.15) is 39.2 Å². The predicted molar refractivity (Wildman–Crippen MR) is 124 cm³/mol. The average molecular weight is 447 g/mol. The van der Waals surface area contributed by atoms with Gasteiger partial charge in [-0.3, -0.25) is 4.79 Å². The third-order valence-electron chi connectivity index (χ3n) is 5.15. The summed E-state index contributed by atoms with van der Waals surface area (Å²) in [7, 11) is 0.